The Morgan fingerprint density at radius 2 is 1.67 bits per heavy atom. The third-order valence-electron chi connectivity index (χ3n) is 4.52. The van der Waals surface area contributed by atoms with Crippen LogP contribution in [0.15, 0.2) is 54.7 Å². The van der Waals surface area contributed by atoms with Gasteiger partial charge < -0.3 is 10.4 Å². The zero-order valence-electron chi connectivity index (χ0n) is 16.8. The Bertz CT molecular complexity index is 1040. The van der Waals surface area contributed by atoms with Gasteiger partial charge in [-0.25, -0.2) is 4.39 Å². The number of hydrogen-bond donors (Lipinski definition) is 2. The fourth-order valence-electron chi connectivity index (χ4n) is 2.97. The first-order chi connectivity index (χ1) is 13.9. The van der Waals surface area contributed by atoms with E-state index in [2.05, 4.69) is 10.3 Å². The Labute approximate surface area is 172 Å². The molecule has 0 spiro atoms. The summed E-state index contributed by atoms with van der Waals surface area (Å²) in [6.07, 6.45) is -3.47. The van der Waals surface area contributed by atoms with E-state index >= 15 is 0 Å². The number of phenols is 1. The second kappa shape index (κ2) is 8.07. The molecule has 0 amide bonds. The Morgan fingerprint density at radius 1 is 0.933 bits per heavy atom. The number of phenolic OH excluding ortho intramolecular Hbond substituents is 1. The van der Waals surface area contributed by atoms with Crippen molar-refractivity contribution in [2.24, 2.45) is 0 Å². The van der Waals surface area contributed by atoms with Crippen LogP contribution in [-0.2, 0) is 12.7 Å². The molecular weight excluding hydrogens is 396 g/mol. The number of nitrogens with zero attached hydrogens (tertiary/aromatic N) is 1. The van der Waals surface area contributed by atoms with Crippen molar-refractivity contribution >= 4 is 0 Å². The van der Waals surface area contributed by atoms with E-state index in [1.54, 1.807) is 24.3 Å². The van der Waals surface area contributed by atoms with Gasteiger partial charge in [-0.15, -0.1) is 0 Å². The zero-order valence-corrected chi connectivity index (χ0v) is 16.8. The first-order valence-corrected chi connectivity index (χ1v) is 9.34. The Hall–Kier alpha value is -2.93. The molecule has 0 bridgehead atoms. The lowest BCUT2D eigenvalue weighted by molar-refractivity contribution is -0.141. The number of rotatable bonds is 4. The number of benzene rings is 2. The van der Waals surface area contributed by atoms with Crippen LogP contribution in [0.2, 0.25) is 0 Å². The smallest absolute Gasteiger partial charge is 0.433 e. The molecule has 30 heavy (non-hydrogen) atoms. The van der Waals surface area contributed by atoms with Crippen LogP contribution in [0.1, 0.15) is 32.0 Å². The molecule has 158 valence electrons. The van der Waals surface area contributed by atoms with Crippen LogP contribution >= 0.6 is 0 Å². The molecule has 0 radical (unpaired) electrons. The van der Waals surface area contributed by atoms with Gasteiger partial charge in [0.25, 0.3) is 0 Å². The summed E-state index contributed by atoms with van der Waals surface area (Å²) in [6, 6.07) is 11.5. The van der Waals surface area contributed by atoms with E-state index in [4.69, 9.17) is 0 Å². The Balaban J connectivity index is 2.12. The van der Waals surface area contributed by atoms with E-state index in [0.717, 1.165) is 12.3 Å². The third-order valence-corrected chi connectivity index (χ3v) is 4.52. The highest BCUT2D eigenvalue weighted by Gasteiger charge is 2.32. The van der Waals surface area contributed by atoms with Crippen molar-refractivity contribution in [3.63, 3.8) is 0 Å². The minimum atomic E-state index is -4.55. The average Bonchev–Trinajstić information content (AvgIpc) is 2.66. The van der Waals surface area contributed by atoms with Gasteiger partial charge in [0.1, 0.15) is 17.3 Å². The van der Waals surface area contributed by atoms with Crippen LogP contribution in [0.3, 0.4) is 0 Å². The molecule has 0 unspecified atom stereocenters. The second-order valence-electron chi connectivity index (χ2n) is 8.08. The number of hydrogen-bond acceptors (Lipinski definition) is 3. The highest BCUT2D eigenvalue weighted by molar-refractivity contribution is 5.79. The summed E-state index contributed by atoms with van der Waals surface area (Å²) in [5, 5.41) is 14.1. The average molecular weight is 418 g/mol. The molecule has 0 aliphatic heterocycles. The van der Waals surface area contributed by atoms with Crippen molar-refractivity contribution in [2.75, 3.05) is 0 Å². The summed E-state index contributed by atoms with van der Waals surface area (Å²) in [4.78, 5) is 3.49. The molecule has 0 saturated carbocycles. The minimum Gasteiger partial charge on any atom is -0.507 e. The molecule has 0 fully saturated rings. The first-order valence-electron chi connectivity index (χ1n) is 9.34. The molecule has 3 rings (SSSR count). The van der Waals surface area contributed by atoms with E-state index in [9.17, 15) is 22.7 Å². The fourth-order valence-corrected chi connectivity index (χ4v) is 2.97. The van der Waals surface area contributed by atoms with Gasteiger partial charge in [-0.05, 0) is 62.2 Å². The Morgan fingerprint density at radius 3 is 2.23 bits per heavy atom. The standard InChI is InChI=1S/C23H22F4N2O/c1-22(2,3)29-13-17-9-16(14-5-4-6-18(24)10-14)11-19(21(17)30)15-7-8-20(28-12-15)23(25,26)27/h4-12,29-30H,13H2,1-3H3. The Kier molecular flexibility index (Phi) is 5.85. The van der Waals surface area contributed by atoms with Gasteiger partial charge in [0, 0.05) is 35.0 Å². The molecule has 1 heterocycles. The third kappa shape index (κ3) is 5.16. The number of alkyl halides is 3. The van der Waals surface area contributed by atoms with Crippen molar-refractivity contribution in [1.29, 1.82) is 0 Å². The van der Waals surface area contributed by atoms with Crippen LogP contribution in [0.5, 0.6) is 5.75 Å². The minimum absolute atomic E-state index is 0.0616. The molecule has 3 nitrogen and oxygen atoms in total. The molecule has 0 aliphatic rings. The summed E-state index contributed by atoms with van der Waals surface area (Å²) in [5.74, 6) is -0.471. The molecule has 2 aromatic carbocycles. The number of nitrogens with one attached hydrogen (secondary N) is 1. The normalized spacial score (nSPS) is 12.2. The van der Waals surface area contributed by atoms with Gasteiger partial charge in [-0.2, -0.15) is 13.2 Å². The molecule has 2 N–H and O–H groups in total. The SMILES string of the molecule is CC(C)(C)NCc1cc(-c2cccc(F)c2)cc(-c2ccc(C(F)(F)F)nc2)c1O. The summed E-state index contributed by atoms with van der Waals surface area (Å²) in [7, 11) is 0. The van der Waals surface area contributed by atoms with Crippen molar-refractivity contribution in [2.45, 2.75) is 39.0 Å². The van der Waals surface area contributed by atoms with E-state index in [-0.39, 0.29) is 11.3 Å². The van der Waals surface area contributed by atoms with Crippen LogP contribution in [0.25, 0.3) is 22.3 Å². The van der Waals surface area contributed by atoms with Crippen molar-refractivity contribution in [3.8, 4) is 28.0 Å². The lowest BCUT2D eigenvalue weighted by Crippen LogP contribution is -2.35. The molecule has 0 saturated heterocycles. The topological polar surface area (TPSA) is 45.2 Å². The van der Waals surface area contributed by atoms with Crippen LogP contribution in [0, 0.1) is 5.82 Å². The summed E-state index contributed by atoms with van der Waals surface area (Å²) >= 11 is 0. The van der Waals surface area contributed by atoms with Crippen LogP contribution < -0.4 is 5.32 Å². The van der Waals surface area contributed by atoms with E-state index in [0.29, 0.717) is 34.4 Å². The van der Waals surface area contributed by atoms with Gasteiger partial charge in [-0.3, -0.25) is 4.98 Å². The second-order valence-corrected chi connectivity index (χ2v) is 8.08. The molecule has 1 aromatic heterocycles. The number of aromatic nitrogens is 1. The van der Waals surface area contributed by atoms with Gasteiger partial charge >= 0.3 is 6.18 Å². The van der Waals surface area contributed by atoms with Gasteiger partial charge in [0.05, 0.1) is 0 Å². The van der Waals surface area contributed by atoms with Gasteiger partial charge in [0.15, 0.2) is 0 Å². The van der Waals surface area contributed by atoms with E-state index in [1.807, 2.05) is 20.8 Å². The molecular formula is C23H22F4N2O. The van der Waals surface area contributed by atoms with Crippen molar-refractivity contribution in [3.05, 3.63) is 71.8 Å². The summed E-state index contributed by atoms with van der Waals surface area (Å²) in [6.45, 7) is 6.24. The number of pyridine rings is 1. The number of halogens is 4. The molecule has 0 aliphatic carbocycles. The highest BCUT2D eigenvalue weighted by Crippen LogP contribution is 2.38. The maximum Gasteiger partial charge on any atom is 0.433 e. The summed E-state index contributed by atoms with van der Waals surface area (Å²) < 4.78 is 52.3. The quantitative estimate of drug-likeness (QED) is 0.498. The molecule has 7 heteroatoms. The first kappa shape index (κ1) is 21.8. The maximum atomic E-state index is 13.7. The largest absolute Gasteiger partial charge is 0.507 e. The monoisotopic (exact) mass is 418 g/mol. The van der Waals surface area contributed by atoms with Gasteiger partial charge in [0.2, 0.25) is 0 Å². The predicted octanol–water partition coefficient (Wildman–Crippen LogP) is 6.17. The van der Waals surface area contributed by atoms with Crippen LogP contribution in [0.4, 0.5) is 17.6 Å². The zero-order chi connectivity index (χ0) is 22.1. The molecule has 3 aromatic rings. The van der Waals surface area contributed by atoms with Crippen LogP contribution in [-0.4, -0.2) is 15.6 Å². The predicted molar refractivity (Wildman–Crippen MR) is 108 cm³/mol. The number of aromatic hydroxyl groups is 1. The molecule has 0 atom stereocenters. The highest BCUT2D eigenvalue weighted by atomic mass is 19.4. The lowest BCUT2D eigenvalue weighted by Gasteiger charge is -2.22. The lowest BCUT2D eigenvalue weighted by atomic mass is 9.95. The fraction of sp³-hybridized carbons (Fsp3) is 0.261. The van der Waals surface area contributed by atoms with Crippen molar-refractivity contribution in [1.82, 2.24) is 10.3 Å². The van der Waals surface area contributed by atoms with Crippen molar-refractivity contribution < 1.29 is 22.7 Å². The van der Waals surface area contributed by atoms with Gasteiger partial charge in [-0.1, -0.05) is 18.2 Å². The summed E-state index contributed by atoms with van der Waals surface area (Å²) in [5.41, 5.74) is 1.18. The maximum absolute atomic E-state index is 13.7. The van der Waals surface area contributed by atoms with E-state index < -0.39 is 17.7 Å². The van der Waals surface area contributed by atoms with E-state index in [1.165, 1.54) is 18.2 Å².